The summed E-state index contributed by atoms with van der Waals surface area (Å²) in [5.74, 6) is 0.549. The summed E-state index contributed by atoms with van der Waals surface area (Å²) in [5, 5.41) is 6.11. The fraction of sp³-hybridized carbons (Fsp3) is 0.0769. The van der Waals surface area contributed by atoms with Gasteiger partial charge in [-0.15, -0.1) is 0 Å². The molecule has 0 unspecified atom stereocenters. The molecule has 1 N–H and O–H groups in total. The molecule has 0 radical (unpaired) electrons. The number of hydrogen-bond donors (Lipinski definition) is 1. The van der Waals surface area contributed by atoms with Gasteiger partial charge in [0.25, 0.3) is 5.91 Å². The Bertz CT molecular complexity index is 1270. The molecule has 0 saturated heterocycles. The topological polar surface area (TPSA) is 59.9 Å². The van der Waals surface area contributed by atoms with Gasteiger partial charge in [0.05, 0.1) is 13.3 Å². The van der Waals surface area contributed by atoms with Crippen LogP contribution in [0.3, 0.4) is 0 Å². The molecule has 0 aliphatic heterocycles. The third kappa shape index (κ3) is 4.92. The number of hydrogen-bond acceptors (Lipinski definition) is 4. The number of nitrogens with zero attached hydrogens (tertiary/aromatic N) is 1. The molecular weight excluding hydrogens is 407 g/mol. The number of rotatable bonds is 7. The van der Waals surface area contributed by atoms with Gasteiger partial charge in [-0.3, -0.25) is 4.79 Å². The van der Waals surface area contributed by atoms with Crippen molar-refractivity contribution in [2.75, 3.05) is 7.11 Å². The van der Waals surface area contributed by atoms with E-state index in [9.17, 15) is 9.18 Å². The van der Waals surface area contributed by atoms with Crippen LogP contribution >= 0.6 is 0 Å². The molecule has 0 atom stereocenters. The van der Waals surface area contributed by atoms with Crippen LogP contribution in [0.4, 0.5) is 4.39 Å². The minimum Gasteiger partial charge on any atom is -0.497 e. The second-order valence-electron chi connectivity index (χ2n) is 7.04. The molecule has 0 aromatic heterocycles. The van der Waals surface area contributed by atoms with E-state index in [0.717, 1.165) is 21.9 Å². The van der Waals surface area contributed by atoms with E-state index in [1.165, 1.54) is 12.1 Å². The summed E-state index contributed by atoms with van der Waals surface area (Å²) < 4.78 is 24.3. The van der Waals surface area contributed by atoms with E-state index in [1.807, 2.05) is 36.4 Å². The first kappa shape index (κ1) is 21.1. The van der Waals surface area contributed by atoms with Crippen LogP contribution in [-0.2, 0) is 6.61 Å². The van der Waals surface area contributed by atoms with Gasteiger partial charge in [-0.05, 0) is 52.7 Å². The number of halogens is 1. The highest BCUT2D eigenvalue weighted by Gasteiger charge is 2.09. The van der Waals surface area contributed by atoms with E-state index in [-0.39, 0.29) is 18.3 Å². The molecule has 0 spiro atoms. The largest absolute Gasteiger partial charge is 0.497 e. The van der Waals surface area contributed by atoms with Crippen LogP contribution in [0, 0.1) is 5.82 Å². The van der Waals surface area contributed by atoms with Gasteiger partial charge in [0.15, 0.2) is 0 Å². The third-order valence-electron chi connectivity index (χ3n) is 4.93. The standard InChI is InChI=1S/C26H21FN2O3/c1-31-22-7-4-6-20(15-22)26(30)29-28-16-24-23-8-3-2-5-19(23)11-14-25(24)32-17-18-9-12-21(27)13-10-18/h2-16H,17H2,1H3,(H,29,30)/b28-16-. The zero-order valence-electron chi connectivity index (χ0n) is 17.4. The minimum absolute atomic E-state index is 0.273. The van der Waals surface area contributed by atoms with Crippen LogP contribution in [-0.4, -0.2) is 19.2 Å². The van der Waals surface area contributed by atoms with E-state index >= 15 is 0 Å². The van der Waals surface area contributed by atoms with Crippen molar-refractivity contribution in [3.05, 3.63) is 107 Å². The van der Waals surface area contributed by atoms with Gasteiger partial charge in [-0.2, -0.15) is 5.10 Å². The Kier molecular flexibility index (Phi) is 6.41. The number of fused-ring (bicyclic) bond motifs is 1. The molecular formula is C26H21FN2O3. The molecule has 6 heteroatoms. The highest BCUT2D eigenvalue weighted by Crippen LogP contribution is 2.27. The quantitative estimate of drug-likeness (QED) is 0.320. The molecule has 0 bridgehead atoms. The van der Waals surface area contributed by atoms with Gasteiger partial charge in [0.1, 0.15) is 23.9 Å². The van der Waals surface area contributed by atoms with Crippen molar-refractivity contribution in [1.29, 1.82) is 0 Å². The number of amides is 1. The van der Waals surface area contributed by atoms with Gasteiger partial charge in [-0.1, -0.05) is 48.5 Å². The van der Waals surface area contributed by atoms with Crippen LogP contribution in [0.25, 0.3) is 10.8 Å². The number of hydrazone groups is 1. The number of carbonyl (C=O) groups is 1. The first-order valence-electron chi connectivity index (χ1n) is 10.0. The van der Waals surface area contributed by atoms with Crippen LogP contribution in [0.1, 0.15) is 21.5 Å². The lowest BCUT2D eigenvalue weighted by Gasteiger charge is -2.12. The van der Waals surface area contributed by atoms with E-state index in [0.29, 0.717) is 17.1 Å². The maximum Gasteiger partial charge on any atom is 0.271 e. The molecule has 1 amide bonds. The predicted octanol–water partition coefficient (Wildman–Crippen LogP) is 5.33. The zero-order chi connectivity index (χ0) is 22.3. The first-order chi connectivity index (χ1) is 15.6. The van der Waals surface area contributed by atoms with Gasteiger partial charge in [-0.25, -0.2) is 9.82 Å². The molecule has 4 rings (SSSR count). The molecule has 0 aliphatic carbocycles. The van der Waals surface area contributed by atoms with E-state index in [1.54, 1.807) is 49.7 Å². The molecule has 4 aromatic carbocycles. The lowest BCUT2D eigenvalue weighted by Crippen LogP contribution is -2.17. The molecule has 0 heterocycles. The van der Waals surface area contributed by atoms with E-state index in [4.69, 9.17) is 9.47 Å². The highest BCUT2D eigenvalue weighted by molar-refractivity contribution is 6.03. The monoisotopic (exact) mass is 428 g/mol. The highest BCUT2D eigenvalue weighted by atomic mass is 19.1. The second-order valence-corrected chi connectivity index (χ2v) is 7.04. The maximum absolute atomic E-state index is 13.2. The zero-order valence-corrected chi connectivity index (χ0v) is 17.4. The molecule has 0 fully saturated rings. The smallest absolute Gasteiger partial charge is 0.271 e. The van der Waals surface area contributed by atoms with Crippen molar-refractivity contribution in [3.8, 4) is 11.5 Å². The SMILES string of the molecule is COc1cccc(C(=O)N/N=C\c2c(OCc3ccc(F)cc3)ccc3ccccc23)c1. The number of benzene rings is 4. The van der Waals surface area contributed by atoms with Gasteiger partial charge >= 0.3 is 0 Å². The summed E-state index contributed by atoms with van der Waals surface area (Å²) in [6.07, 6.45) is 1.57. The third-order valence-corrected chi connectivity index (χ3v) is 4.93. The molecule has 0 aliphatic rings. The normalized spacial score (nSPS) is 10.9. The summed E-state index contributed by atoms with van der Waals surface area (Å²) in [5.41, 5.74) is 4.56. The number of ether oxygens (including phenoxy) is 2. The first-order valence-corrected chi connectivity index (χ1v) is 10.0. The van der Waals surface area contributed by atoms with Crippen molar-refractivity contribution in [1.82, 2.24) is 5.43 Å². The van der Waals surface area contributed by atoms with Crippen molar-refractivity contribution in [2.24, 2.45) is 5.10 Å². The van der Waals surface area contributed by atoms with E-state index < -0.39 is 0 Å². The number of carbonyl (C=O) groups excluding carboxylic acids is 1. The van der Waals surface area contributed by atoms with E-state index in [2.05, 4.69) is 10.5 Å². The fourth-order valence-corrected chi connectivity index (χ4v) is 3.26. The Morgan fingerprint density at radius 3 is 2.62 bits per heavy atom. The average molecular weight is 428 g/mol. The fourth-order valence-electron chi connectivity index (χ4n) is 3.26. The Balaban J connectivity index is 1.57. The van der Waals surface area contributed by atoms with Gasteiger partial charge in [0.2, 0.25) is 0 Å². The summed E-state index contributed by atoms with van der Waals surface area (Å²) >= 11 is 0. The molecule has 0 saturated carbocycles. The van der Waals surface area contributed by atoms with Crippen LogP contribution < -0.4 is 14.9 Å². The Morgan fingerprint density at radius 2 is 1.81 bits per heavy atom. The minimum atomic E-state index is -0.353. The van der Waals surface area contributed by atoms with Crippen LogP contribution in [0.15, 0.2) is 90.0 Å². The van der Waals surface area contributed by atoms with Crippen molar-refractivity contribution in [2.45, 2.75) is 6.61 Å². The summed E-state index contributed by atoms with van der Waals surface area (Å²) in [6.45, 7) is 0.273. The summed E-state index contributed by atoms with van der Waals surface area (Å²) in [7, 11) is 1.54. The number of methoxy groups -OCH3 is 1. The average Bonchev–Trinajstić information content (AvgIpc) is 2.84. The second kappa shape index (κ2) is 9.75. The van der Waals surface area contributed by atoms with Crippen molar-refractivity contribution in [3.63, 3.8) is 0 Å². The Hall–Kier alpha value is -4.19. The lowest BCUT2D eigenvalue weighted by molar-refractivity contribution is 0.0954. The van der Waals surface area contributed by atoms with Gasteiger partial charge < -0.3 is 9.47 Å². The van der Waals surface area contributed by atoms with Gasteiger partial charge in [0, 0.05) is 11.1 Å². The maximum atomic E-state index is 13.2. The Labute approximate surface area is 185 Å². The lowest BCUT2D eigenvalue weighted by atomic mass is 10.0. The molecule has 160 valence electrons. The van der Waals surface area contributed by atoms with Crippen molar-refractivity contribution >= 4 is 22.9 Å². The Morgan fingerprint density at radius 1 is 1.00 bits per heavy atom. The predicted molar refractivity (Wildman–Crippen MR) is 123 cm³/mol. The van der Waals surface area contributed by atoms with Crippen molar-refractivity contribution < 1.29 is 18.7 Å². The van der Waals surface area contributed by atoms with Crippen LogP contribution in [0.2, 0.25) is 0 Å². The molecule has 5 nitrogen and oxygen atoms in total. The molecule has 32 heavy (non-hydrogen) atoms. The summed E-state index contributed by atoms with van der Waals surface area (Å²) in [6, 6.07) is 24.6. The molecule has 4 aromatic rings. The number of nitrogens with one attached hydrogen (secondary N) is 1. The summed E-state index contributed by atoms with van der Waals surface area (Å²) in [4.78, 5) is 12.4. The van der Waals surface area contributed by atoms with Crippen LogP contribution in [0.5, 0.6) is 11.5 Å².